The molecule has 98 valence electrons. The summed E-state index contributed by atoms with van der Waals surface area (Å²) in [5.41, 5.74) is -0.179. The summed E-state index contributed by atoms with van der Waals surface area (Å²) in [6.45, 7) is 6.48. The van der Waals surface area contributed by atoms with Crippen LogP contribution < -0.4 is 5.32 Å². The first-order valence-corrected chi connectivity index (χ1v) is 5.74. The lowest BCUT2D eigenvalue weighted by atomic mass is 9.83. The van der Waals surface area contributed by atoms with E-state index in [1.54, 1.807) is 0 Å². The molecule has 16 heavy (non-hydrogen) atoms. The van der Waals surface area contributed by atoms with E-state index in [-0.39, 0.29) is 12.0 Å². The number of nitrogens with one attached hydrogen (secondary N) is 1. The predicted octanol–water partition coefficient (Wildman–Crippen LogP) is 2.98. The van der Waals surface area contributed by atoms with E-state index in [1.807, 2.05) is 20.8 Å². The first-order valence-electron chi connectivity index (χ1n) is 5.74. The van der Waals surface area contributed by atoms with Gasteiger partial charge in [-0.2, -0.15) is 13.2 Å². The van der Waals surface area contributed by atoms with Gasteiger partial charge in [-0.05, 0) is 19.4 Å². The Kier molecular flexibility index (Phi) is 6.99. The van der Waals surface area contributed by atoms with Crippen LogP contribution >= 0.6 is 0 Å². The zero-order chi connectivity index (χ0) is 12.7. The third-order valence-electron chi connectivity index (χ3n) is 2.92. The van der Waals surface area contributed by atoms with Crippen molar-refractivity contribution in [3.05, 3.63) is 0 Å². The maximum atomic E-state index is 12.0. The Morgan fingerprint density at radius 3 is 1.94 bits per heavy atom. The summed E-state index contributed by atoms with van der Waals surface area (Å²) in [4.78, 5) is 0. The summed E-state index contributed by atoms with van der Waals surface area (Å²) >= 11 is 0. The Bertz CT molecular complexity index is 179. The zero-order valence-corrected chi connectivity index (χ0v) is 10.3. The van der Waals surface area contributed by atoms with Crippen LogP contribution in [0.4, 0.5) is 13.2 Å². The minimum atomic E-state index is -4.23. The van der Waals surface area contributed by atoms with Gasteiger partial charge < -0.3 is 10.1 Å². The second-order valence-electron chi connectivity index (χ2n) is 4.10. The van der Waals surface area contributed by atoms with E-state index >= 15 is 0 Å². The average Bonchev–Trinajstić information content (AvgIpc) is 2.22. The van der Waals surface area contributed by atoms with Crippen LogP contribution in [-0.2, 0) is 4.74 Å². The highest BCUT2D eigenvalue weighted by Gasteiger charge is 2.31. The second kappa shape index (κ2) is 7.12. The van der Waals surface area contributed by atoms with E-state index in [4.69, 9.17) is 4.74 Å². The topological polar surface area (TPSA) is 21.3 Å². The highest BCUT2D eigenvalue weighted by molar-refractivity contribution is 4.78. The van der Waals surface area contributed by atoms with Crippen molar-refractivity contribution in [3.63, 3.8) is 0 Å². The Hall–Kier alpha value is -0.290. The fourth-order valence-electron chi connectivity index (χ4n) is 1.53. The van der Waals surface area contributed by atoms with Gasteiger partial charge in [-0.15, -0.1) is 0 Å². The molecule has 0 aliphatic carbocycles. The Morgan fingerprint density at radius 1 is 1.00 bits per heavy atom. The van der Waals surface area contributed by atoms with Crippen molar-refractivity contribution < 1.29 is 17.9 Å². The van der Waals surface area contributed by atoms with Crippen molar-refractivity contribution in [2.75, 3.05) is 26.3 Å². The quantitative estimate of drug-likeness (QED) is 0.705. The number of halogens is 3. The van der Waals surface area contributed by atoms with Gasteiger partial charge in [0.1, 0.15) is 6.61 Å². The number of rotatable bonds is 8. The lowest BCUT2D eigenvalue weighted by molar-refractivity contribution is -0.181. The molecule has 0 bridgehead atoms. The largest absolute Gasteiger partial charge is 0.411 e. The van der Waals surface area contributed by atoms with Crippen molar-refractivity contribution >= 4 is 0 Å². The Labute approximate surface area is 95.5 Å². The zero-order valence-electron chi connectivity index (χ0n) is 10.3. The van der Waals surface area contributed by atoms with Crippen molar-refractivity contribution in [1.29, 1.82) is 0 Å². The Morgan fingerprint density at radius 2 is 1.56 bits per heavy atom. The predicted molar refractivity (Wildman–Crippen MR) is 58.4 cm³/mol. The van der Waals surface area contributed by atoms with Gasteiger partial charge in [-0.3, -0.25) is 0 Å². The molecular weight excluding hydrogens is 219 g/mol. The van der Waals surface area contributed by atoms with Crippen LogP contribution in [0.5, 0.6) is 0 Å². The molecule has 0 radical (unpaired) electrons. The standard InChI is InChI=1S/C11H22F3NO/c1-4-10(5-2,7-15-6-3)8-16-9-11(12,13)14/h15H,4-9H2,1-3H3. The fraction of sp³-hybridized carbons (Fsp3) is 1.00. The number of hydrogen-bond donors (Lipinski definition) is 1. The summed E-state index contributed by atoms with van der Waals surface area (Å²) in [7, 11) is 0. The van der Waals surface area contributed by atoms with Crippen LogP contribution in [0.15, 0.2) is 0 Å². The third kappa shape index (κ3) is 6.33. The van der Waals surface area contributed by atoms with Gasteiger partial charge in [0.05, 0.1) is 6.61 Å². The molecule has 0 aromatic rings. The molecule has 0 amide bonds. The van der Waals surface area contributed by atoms with Crippen LogP contribution in [0.3, 0.4) is 0 Å². The first kappa shape index (κ1) is 15.7. The van der Waals surface area contributed by atoms with Gasteiger partial charge in [0, 0.05) is 12.0 Å². The summed E-state index contributed by atoms with van der Waals surface area (Å²) in [5, 5.41) is 3.18. The molecule has 0 fully saturated rings. The minimum absolute atomic E-state index is 0.159. The van der Waals surface area contributed by atoms with Gasteiger partial charge in [0.25, 0.3) is 0 Å². The molecule has 0 aliphatic heterocycles. The second-order valence-corrected chi connectivity index (χ2v) is 4.10. The molecule has 0 heterocycles. The van der Waals surface area contributed by atoms with Crippen LogP contribution in [0.25, 0.3) is 0 Å². The van der Waals surface area contributed by atoms with Gasteiger partial charge in [0.15, 0.2) is 0 Å². The molecule has 0 spiro atoms. The van der Waals surface area contributed by atoms with E-state index in [9.17, 15) is 13.2 Å². The normalized spacial score (nSPS) is 13.1. The summed E-state index contributed by atoms with van der Waals surface area (Å²) < 4.78 is 40.6. The first-order chi connectivity index (χ1) is 7.39. The lowest BCUT2D eigenvalue weighted by Gasteiger charge is -2.31. The van der Waals surface area contributed by atoms with E-state index in [0.717, 1.165) is 19.4 Å². The van der Waals surface area contributed by atoms with E-state index in [0.29, 0.717) is 6.54 Å². The van der Waals surface area contributed by atoms with Crippen molar-refractivity contribution in [3.8, 4) is 0 Å². The summed E-state index contributed by atoms with van der Waals surface area (Å²) in [5.74, 6) is 0. The molecule has 2 nitrogen and oxygen atoms in total. The number of hydrogen-bond acceptors (Lipinski definition) is 2. The monoisotopic (exact) mass is 241 g/mol. The molecule has 0 aliphatic rings. The van der Waals surface area contributed by atoms with Crippen LogP contribution in [0.1, 0.15) is 33.6 Å². The molecule has 0 unspecified atom stereocenters. The highest BCUT2D eigenvalue weighted by Crippen LogP contribution is 2.27. The average molecular weight is 241 g/mol. The third-order valence-corrected chi connectivity index (χ3v) is 2.92. The van der Waals surface area contributed by atoms with Gasteiger partial charge >= 0.3 is 6.18 Å². The van der Waals surface area contributed by atoms with E-state index in [2.05, 4.69) is 5.32 Å². The molecule has 0 saturated heterocycles. The molecule has 0 saturated carbocycles. The molecule has 5 heteroatoms. The lowest BCUT2D eigenvalue weighted by Crippen LogP contribution is -2.38. The van der Waals surface area contributed by atoms with Gasteiger partial charge in [0.2, 0.25) is 0 Å². The van der Waals surface area contributed by atoms with Crippen molar-refractivity contribution in [2.45, 2.75) is 39.8 Å². The molecular formula is C11H22F3NO. The maximum absolute atomic E-state index is 12.0. The highest BCUT2D eigenvalue weighted by atomic mass is 19.4. The minimum Gasteiger partial charge on any atom is -0.371 e. The fourth-order valence-corrected chi connectivity index (χ4v) is 1.53. The van der Waals surface area contributed by atoms with Gasteiger partial charge in [-0.1, -0.05) is 20.8 Å². The van der Waals surface area contributed by atoms with Crippen molar-refractivity contribution in [1.82, 2.24) is 5.32 Å². The van der Waals surface area contributed by atoms with Crippen molar-refractivity contribution in [2.24, 2.45) is 5.41 Å². The molecule has 0 aromatic heterocycles. The van der Waals surface area contributed by atoms with E-state index < -0.39 is 12.8 Å². The smallest absolute Gasteiger partial charge is 0.371 e. The van der Waals surface area contributed by atoms with E-state index in [1.165, 1.54) is 0 Å². The maximum Gasteiger partial charge on any atom is 0.411 e. The van der Waals surface area contributed by atoms with Crippen LogP contribution in [0, 0.1) is 5.41 Å². The number of alkyl halides is 3. The molecule has 0 atom stereocenters. The van der Waals surface area contributed by atoms with Crippen LogP contribution in [-0.4, -0.2) is 32.5 Å². The number of ether oxygens (including phenoxy) is 1. The summed E-state index contributed by atoms with van der Waals surface area (Å²) in [6, 6.07) is 0. The Balaban J connectivity index is 4.11. The molecule has 0 aromatic carbocycles. The SMILES string of the molecule is CCNCC(CC)(CC)COCC(F)(F)F. The molecule has 1 N–H and O–H groups in total. The van der Waals surface area contributed by atoms with Crippen LogP contribution in [0.2, 0.25) is 0 Å². The summed E-state index contributed by atoms with van der Waals surface area (Å²) in [6.07, 6.45) is -2.60. The van der Waals surface area contributed by atoms with Gasteiger partial charge in [-0.25, -0.2) is 0 Å². The molecule has 0 rings (SSSR count).